The normalized spacial score (nSPS) is 24.4. The second-order valence-corrected chi connectivity index (χ2v) is 10.4. The number of sulfone groups is 1. The first-order valence-electron chi connectivity index (χ1n) is 9.32. The zero-order chi connectivity index (χ0) is 20.1. The number of hydrogen-bond acceptors (Lipinski definition) is 4. The second-order valence-electron chi connectivity index (χ2n) is 7.80. The molecule has 2 atom stereocenters. The molecule has 2 aliphatic rings. The Bertz CT molecular complexity index is 1020. The minimum absolute atomic E-state index is 0.0146. The van der Waals surface area contributed by atoms with Crippen LogP contribution in [-0.2, 0) is 21.2 Å². The summed E-state index contributed by atoms with van der Waals surface area (Å²) < 4.78 is 24.9. The van der Waals surface area contributed by atoms with Gasteiger partial charge in [-0.1, -0.05) is 47.5 Å². The number of aryl methyl sites for hydroxylation is 2. The highest BCUT2D eigenvalue weighted by molar-refractivity contribution is 7.91. The molecule has 0 unspecified atom stereocenters. The van der Waals surface area contributed by atoms with Gasteiger partial charge in [0.05, 0.1) is 24.1 Å². The van der Waals surface area contributed by atoms with Crippen molar-refractivity contribution in [3.63, 3.8) is 0 Å². The molecule has 0 aromatic heterocycles. The molecule has 4 rings (SSSR count). The van der Waals surface area contributed by atoms with E-state index < -0.39 is 15.9 Å². The van der Waals surface area contributed by atoms with Crippen molar-refractivity contribution in [1.82, 2.24) is 4.90 Å². The van der Waals surface area contributed by atoms with E-state index >= 15 is 0 Å². The Balaban J connectivity index is 1.67. The number of halogens is 1. The van der Waals surface area contributed by atoms with Gasteiger partial charge in [-0.05, 0) is 37.1 Å². The van der Waals surface area contributed by atoms with Crippen LogP contribution in [0.15, 0.2) is 42.5 Å². The van der Waals surface area contributed by atoms with Crippen LogP contribution in [0.25, 0.3) is 0 Å². The van der Waals surface area contributed by atoms with Crippen LogP contribution in [0.4, 0.5) is 5.69 Å². The molecule has 7 heteroatoms. The van der Waals surface area contributed by atoms with E-state index in [1.165, 1.54) is 5.56 Å². The lowest BCUT2D eigenvalue weighted by Gasteiger charge is -2.43. The Morgan fingerprint density at radius 1 is 1.04 bits per heavy atom. The predicted molar refractivity (Wildman–Crippen MR) is 111 cm³/mol. The molecule has 148 valence electrons. The third kappa shape index (κ3) is 3.69. The molecule has 0 bridgehead atoms. The summed E-state index contributed by atoms with van der Waals surface area (Å²) in [4.78, 5) is 16.7. The maximum Gasteiger partial charge on any atom is 0.241 e. The third-order valence-electron chi connectivity index (χ3n) is 5.64. The topological polar surface area (TPSA) is 57.7 Å². The fourth-order valence-corrected chi connectivity index (χ4v) is 6.28. The molecule has 2 aliphatic heterocycles. The smallest absolute Gasteiger partial charge is 0.241 e. The van der Waals surface area contributed by atoms with Crippen LogP contribution < -0.4 is 4.90 Å². The van der Waals surface area contributed by atoms with E-state index in [-0.39, 0.29) is 30.0 Å². The number of amides is 1. The lowest BCUT2D eigenvalue weighted by molar-refractivity contribution is -0.123. The molecule has 5 nitrogen and oxygen atoms in total. The van der Waals surface area contributed by atoms with Gasteiger partial charge in [-0.3, -0.25) is 9.69 Å². The summed E-state index contributed by atoms with van der Waals surface area (Å²) in [5.41, 5.74) is 3.84. The van der Waals surface area contributed by atoms with Crippen LogP contribution in [0.3, 0.4) is 0 Å². The van der Waals surface area contributed by atoms with Gasteiger partial charge in [0.15, 0.2) is 9.84 Å². The molecule has 2 saturated heterocycles. The van der Waals surface area contributed by atoms with Crippen LogP contribution in [0, 0.1) is 13.8 Å². The van der Waals surface area contributed by atoms with E-state index in [9.17, 15) is 13.2 Å². The number of anilines is 1. The van der Waals surface area contributed by atoms with Gasteiger partial charge in [0.25, 0.3) is 0 Å². The molecule has 2 fully saturated rings. The maximum absolute atomic E-state index is 13.0. The molecule has 0 N–H and O–H groups in total. The van der Waals surface area contributed by atoms with Crippen LogP contribution in [-0.4, -0.2) is 49.4 Å². The molecule has 2 aromatic carbocycles. The molecule has 1 amide bonds. The van der Waals surface area contributed by atoms with Crippen molar-refractivity contribution < 1.29 is 13.2 Å². The number of benzene rings is 2. The van der Waals surface area contributed by atoms with Crippen molar-refractivity contribution >= 4 is 33.0 Å². The van der Waals surface area contributed by atoms with E-state index in [0.29, 0.717) is 17.3 Å². The average Bonchev–Trinajstić information content (AvgIpc) is 2.95. The Morgan fingerprint density at radius 3 is 2.39 bits per heavy atom. The number of rotatable bonds is 3. The number of fused-ring (bicyclic) bond motifs is 1. The first-order chi connectivity index (χ1) is 13.2. The lowest BCUT2D eigenvalue weighted by Crippen LogP contribution is -2.61. The zero-order valence-corrected chi connectivity index (χ0v) is 17.5. The molecule has 0 radical (unpaired) electrons. The van der Waals surface area contributed by atoms with Gasteiger partial charge < -0.3 is 4.90 Å². The van der Waals surface area contributed by atoms with Gasteiger partial charge in [0, 0.05) is 23.3 Å². The number of carbonyl (C=O) groups excluding carboxylic acids is 1. The fraction of sp³-hybridized carbons (Fsp3) is 0.381. The Morgan fingerprint density at radius 2 is 1.71 bits per heavy atom. The van der Waals surface area contributed by atoms with Crippen LogP contribution in [0.1, 0.15) is 16.7 Å². The first-order valence-corrected chi connectivity index (χ1v) is 11.5. The molecule has 2 aromatic rings. The molecular weight excluding hydrogens is 396 g/mol. The van der Waals surface area contributed by atoms with Crippen molar-refractivity contribution in [2.75, 3.05) is 23.0 Å². The van der Waals surface area contributed by atoms with Gasteiger partial charge in [0.1, 0.15) is 0 Å². The quantitative estimate of drug-likeness (QED) is 0.768. The summed E-state index contributed by atoms with van der Waals surface area (Å²) in [5.74, 6) is -0.0305. The van der Waals surface area contributed by atoms with Crippen molar-refractivity contribution in [1.29, 1.82) is 0 Å². The SMILES string of the molecule is Cc1ccc(CN2CC(=O)N(c3ccc(C)c(Cl)c3)[C@@H]3CS(=O)(=O)C[C@@H]32)cc1. The lowest BCUT2D eigenvalue weighted by atomic mass is 10.0. The van der Waals surface area contributed by atoms with Gasteiger partial charge in [-0.25, -0.2) is 8.42 Å². The standard InChI is InChI=1S/C21H23ClN2O3S/c1-14-3-6-16(7-4-14)10-23-11-21(25)24(17-8-5-15(2)18(22)9-17)20-13-28(26,27)12-19(20)23/h3-9,19-20H,10-13H2,1-2H3/t19-,20+/m0/s1. The molecule has 0 saturated carbocycles. The van der Waals surface area contributed by atoms with Crippen molar-refractivity contribution in [2.24, 2.45) is 0 Å². The summed E-state index contributed by atoms with van der Waals surface area (Å²) in [5, 5.41) is 0.574. The second kappa shape index (κ2) is 7.17. The third-order valence-corrected chi connectivity index (χ3v) is 7.75. The summed E-state index contributed by atoms with van der Waals surface area (Å²) in [6, 6.07) is 13.0. The maximum atomic E-state index is 13.0. The van der Waals surface area contributed by atoms with Crippen LogP contribution in [0.5, 0.6) is 0 Å². The van der Waals surface area contributed by atoms with Crippen molar-refractivity contribution in [3.8, 4) is 0 Å². The highest BCUT2D eigenvalue weighted by Crippen LogP contribution is 2.34. The molecule has 2 heterocycles. The van der Waals surface area contributed by atoms with Crippen LogP contribution >= 0.6 is 11.6 Å². The number of nitrogens with zero attached hydrogens (tertiary/aromatic N) is 2. The number of carbonyl (C=O) groups is 1. The van der Waals surface area contributed by atoms with Crippen molar-refractivity contribution in [2.45, 2.75) is 32.5 Å². The van der Waals surface area contributed by atoms with Gasteiger partial charge in [-0.2, -0.15) is 0 Å². The zero-order valence-electron chi connectivity index (χ0n) is 15.9. The highest BCUT2D eigenvalue weighted by atomic mass is 35.5. The van der Waals surface area contributed by atoms with E-state index in [1.54, 1.807) is 11.0 Å². The first kappa shape index (κ1) is 19.4. The molecule has 0 spiro atoms. The van der Waals surface area contributed by atoms with Gasteiger partial charge >= 0.3 is 0 Å². The summed E-state index contributed by atoms with van der Waals surface area (Å²) >= 11 is 6.26. The fourth-order valence-electron chi connectivity index (χ4n) is 4.13. The number of hydrogen-bond donors (Lipinski definition) is 0. The monoisotopic (exact) mass is 418 g/mol. The summed E-state index contributed by atoms with van der Waals surface area (Å²) in [6.07, 6.45) is 0. The predicted octanol–water partition coefficient (Wildman–Crippen LogP) is 2.97. The minimum atomic E-state index is -3.21. The Hall–Kier alpha value is -1.89. The van der Waals surface area contributed by atoms with E-state index in [4.69, 9.17) is 11.6 Å². The Labute approximate surface area is 170 Å². The molecule has 0 aliphatic carbocycles. The van der Waals surface area contributed by atoms with Gasteiger partial charge in [0.2, 0.25) is 5.91 Å². The highest BCUT2D eigenvalue weighted by Gasteiger charge is 2.49. The average molecular weight is 419 g/mol. The van der Waals surface area contributed by atoms with E-state index in [2.05, 4.69) is 0 Å². The van der Waals surface area contributed by atoms with Crippen molar-refractivity contribution in [3.05, 3.63) is 64.2 Å². The largest absolute Gasteiger partial charge is 0.306 e. The van der Waals surface area contributed by atoms with Crippen LogP contribution in [0.2, 0.25) is 5.02 Å². The number of piperazine rings is 1. The van der Waals surface area contributed by atoms with Gasteiger partial charge in [-0.15, -0.1) is 0 Å². The Kier molecular flexibility index (Phi) is 4.98. The summed E-state index contributed by atoms with van der Waals surface area (Å²) in [6.45, 7) is 4.68. The molecular formula is C21H23ClN2O3S. The van der Waals surface area contributed by atoms with E-state index in [0.717, 1.165) is 11.1 Å². The molecule has 28 heavy (non-hydrogen) atoms. The summed E-state index contributed by atoms with van der Waals surface area (Å²) in [7, 11) is -3.21. The van der Waals surface area contributed by atoms with E-state index in [1.807, 2.05) is 55.1 Å². The minimum Gasteiger partial charge on any atom is -0.306 e.